The molecule has 19 heavy (non-hydrogen) atoms. The quantitative estimate of drug-likeness (QED) is 0.910. The van der Waals surface area contributed by atoms with E-state index in [9.17, 15) is 0 Å². The molecular formula is C16H23BrN2. The molecule has 0 spiro atoms. The summed E-state index contributed by atoms with van der Waals surface area (Å²) < 4.78 is 1.25. The molecule has 1 N–H and O–H groups in total. The number of rotatable bonds is 4. The zero-order valence-electron chi connectivity index (χ0n) is 11.9. The molecule has 1 aliphatic heterocycles. The summed E-state index contributed by atoms with van der Waals surface area (Å²) in [6, 6.07) is 5.36. The van der Waals surface area contributed by atoms with Crippen molar-refractivity contribution in [3.05, 3.63) is 27.7 Å². The molecule has 1 saturated heterocycles. The molecule has 2 fully saturated rings. The van der Waals surface area contributed by atoms with Crippen molar-refractivity contribution in [3.8, 4) is 0 Å². The minimum absolute atomic E-state index is 0.813. The Labute approximate surface area is 124 Å². The van der Waals surface area contributed by atoms with Crippen molar-refractivity contribution in [2.75, 3.05) is 24.5 Å². The van der Waals surface area contributed by atoms with Crippen LogP contribution in [0.4, 0.5) is 5.69 Å². The Balaban J connectivity index is 1.66. The number of aryl methyl sites for hydroxylation is 2. The maximum atomic E-state index is 3.74. The van der Waals surface area contributed by atoms with Gasteiger partial charge in [0.1, 0.15) is 0 Å². The maximum Gasteiger partial charge on any atom is 0.0540 e. The van der Waals surface area contributed by atoms with Gasteiger partial charge in [-0.2, -0.15) is 0 Å². The SMILES string of the molecule is Cc1cc(C)c(N2CCC(CNC3CC3)C2)c(Br)c1. The van der Waals surface area contributed by atoms with Crippen LogP contribution in [0.5, 0.6) is 0 Å². The predicted octanol–water partition coefficient (Wildman–Crippen LogP) is 3.64. The van der Waals surface area contributed by atoms with Crippen LogP contribution in [0.25, 0.3) is 0 Å². The molecular weight excluding hydrogens is 300 g/mol. The van der Waals surface area contributed by atoms with Gasteiger partial charge in [-0.05, 0) is 78.7 Å². The van der Waals surface area contributed by atoms with Crippen LogP contribution in [-0.2, 0) is 0 Å². The highest BCUT2D eigenvalue weighted by Crippen LogP contribution is 2.34. The van der Waals surface area contributed by atoms with Crippen LogP contribution in [-0.4, -0.2) is 25.7 Å². The molecule has 2 nitrogen and oxygen atoms in total. The highest BCUT2D eigenvalue weighted by atomic mass is 79.9. The number of nitrogens with zero attached hydrogens (tertiary/aromatic N) is 1. The summed E-state index contributed by atoms with van der Waals surface area (Å²) in [6.45, 7) is 7.97. The minimum atomic E-state index is 0.813. The Hall–Kier alpha value is -0.540. The van der Waals surface area contributed by atoms with Gasteiger partial charge >= 0.3 is 0 Å². The first-order valence-electron chi connectivity index (χ1n) is 7.38. The molecule has 0 aromatic heterocycles. The van der Waals surface area contributed by atoms with E-state index in [1.807, 2.05) is 0 Å². The molecule has 1 saturated carbocycles. The summed E-state index contributed by atoms with van der Waals surface area (Å²) in [6.07, 6.45) is 4.09. The van der Waals surface area contributed by atoms with E-state index >= 15 is 0 Å². The van der Waals surface area contributed by atoms with E-state index in [1.165, 1.54) is 60.2 Å². The van der Waals surface area contributed by atoms with Crippen LogP contribution in [0, 0.1) is 19.8 Å². The lowest BCUT2D eigenvalue weighted by molar-refractivity contribution is 0.515. The third-order valence-corrected chi connectivity index (χ3v) is 4.88. The fraction of sp³-hybridized carbons (Fsp3) is 0.625. The average Bonchev–Trinajstić information content (AvgIpc) is 3.05. The topological polar surface area (TPSA) is 15.3 Å². The van der Waals surface area contributed by atoms with E-state index in [0.29, 0.717) is 0 Å². The van der Waals surface area contributed by atoms with E-state index < -0.39 is 0 Å². The van der Waals surface area contributed by atoms with Gasteiger partial charge in [-0.1, -0.05) is 6.07 Å². The Bertz CT molecular complexity index is 445. The highest BCUT2D eigenvalue weighted by Gasteiger charge is 2.27. The number of hydrogen-bond donors (Lipinski definition) is 1. The predicted molar refractivity (Wildman–Crippen MR) is 85.0 cm³/mol. The first-order valence-corrected chi connectivity index (χ1v) is 8.18. The second-order valence-electron chi connectivity index (χ2n) is 6.20. The molecule has 1 aromatic carbocycles. The summed E-state index contributed by atoms with van der Waals surface area (Å²) in [5.41, 5.74) is 4.13. The normalized spacial score (nSPS) is 23.1. The van der Waals surface area contributed by atoms with Gasteiger partial charge in [0, 0.05) is 23.6 Å². The Morgan fingerprint density at radius 3 is 2.74 bits per heavy atom. The van der Waals surface area contributed by atoms with Gasteiger partial charge in [-0.3, -0.25) is 0 Å². The lowest BCUT2D eigenvalue weighted by Gasteiger charge is -2.23. The molecule has 2 aliphatic rings. The maximum absolute atomic E-state index is 3.74. The van der Waals surface area contributed by atoms with Gasteiger partial charge in [0.2, 0.25) is 0 Å². The van der Waals surface area contributed by atoms with Crippen molar-refractivity contribution in [3.63, 3.8) is 0 Å². The van der Waals surface area contributed by atoms with Gasteiger partial charge < -0.3 is 10.2 Å². The molecule has 3 rings (SSSR count). The number of benzene rings is 1. The number of hydrogen-bond acceptors (Lipinski definition) is 2. The van der Waals surface area contributed by atoms with Gasteiger partial charge in [-0.25, -0.2) is 0 Å². The van der Waals surface area contributed by atoms with E-state index in [2.05, 4.69) is 52.1 Å². The molecule has 104 valence electrons. The van der Waals surface area contributed by atoms with Crippen molar-refractivity contribution in [1.82, 2.24) is 5.32 Å². The smallest absolute Gasteiger partial charge is 0.0540 e. The second-order valence-corrected chi connectivity index (χ2v) is 7.05. The summed E-state index contributed by atoms with van der Waals surface area (Å²) >= 11 is 3.74. The third-order valence-electron chi connectivity index (χ3n) is 4.27. The summed E-state index contributed by atoms with van der Waals surface area (Å²) in [7, 11) is 0. The average molecular weight is 323 g/mol. The van der Waals surface area contributed by atoms with Crippen molar-refractivity contribution in [2.24, 2.45) is 5.92 Å². The van der Waals surface area contributed by atoms with Crippen molar-refractivity contribution in [1.29, 1.82) is 0 Å². The molecule has 3 heteroatoms. The summed E-state index contributed by atoms with van der Waals surface area (Å²) in [4.78, 5) is 2.55. The third kappa shape index (κ3) is 3.14. The largest absolute Gasteiger partial charge is 0.370 e. The Morgan fingerprint density at radius 2 is 2.05 bits per heavy atom. The summed E-state index contributed by atoms with van der Waals surface area (Å²) in [5.74, 6) is 0.813. The Kier molecular flexibility index (Phi) is 3.86. The monoisotopic (exact) mass is 322 g/mol. The zero-order valence-corrected chi connectivity index (χ0v) is 13.5. The first-order chi connectivity index (χ1) is 9.13. The van der Waals surface area contributed by atoms with E-state index in [-0.39, 0.29) is 0 Å². The molecule has 1 aliphatic carbocycles. The Morgan fingerprint density at radius 1 is 1.26 bits per heavy atom. The van der Waals surface area contributed by atoms with Gasteiger partial charge in [-0.15, -0.1) is 0 Å². The second kappa shape index (κ2) is 5.45. The standard InChI is InChI=1S/C16H23BrN2/c1-11-7-12(2)16(15(17)8-11)19-6-5-13(10-19)9-18-14-3-4-14/h7-8,13-14,18H,3-6,9-10H2,1-2H3. The molecule has 1 unspecified atom stereocenters. The number of anilines is 1. The lowest BCUT2D eigenvalue weighted by Crippen LogP contribution is -2.28. The van der Waals surface area contributed by atoms with Crippen LogP contribution in [0.2, 0.25) is 0 Å². The van der Waals surface area contributed by atoms with E-state index in [4.69, 9.17) is 0 Å². The van der Waals surface area contributed by atoms with Crippen LogP contribution in [0.3, 0.4) is 0 Å². The van der Waals surface area contributed by atoms with E-state index in [0.717, 1.165) is 12.0 Å². The number of halogens is 1. The molecule has 1 atom stereocenters. The molecule has 1 heterocycles. The fourth-order valence-electron chi connectivity index (χ4n) is 3.13. The first kappa shape index (κ1) is 13.4. The fourth-order valence-corrected chi connectivity index (χ4v) is 4.06. The molecule has 1 aromatic rings. The summed E-state index contributed by atoms with van der Waals surface area (Å²) in [5, 5.41) is 3.67. The zero-order chi connectivity index (χ0) is 13.4. The number of nitrogens with one attached hydrogen (secondary N) is 1. The van der Waals surface area contributed by atoms with Gasteiger partial charge in [0.05, 0.1) is 5.69 Å². The van der Waals surface area contributed by atoms with Crippen molar-refractivity contribution >= 4 is 21.6 Å². The molecule has 0 amide bonds. The van der Waals surface area contributed by atoms with Crippen molar-refractivity contribution < 1.29 is 0 Å². The lowest BCUT2D eigenvalue weighted by atomic mass is 10.1. The van der Waals surface area contributed by atoms with Gasteiger partial charge in [0.25, 0.3) is 0 Å². The minimum Gasteiger partial charge on any atom is -0.370 e. The molecule has 0 bridgehead atoms. The van der Waals surface area contributed by atoms with Gasteiger partial charge in [0.15, 0.2) is 0 Å². The van der Waals surface area contributed by atoms with Crippen LogP contribution < -0.4 is 10.2 Å². The van der Waals surface area contributed by atoms with E-state index in [1.54, 1.807) is 0 Å². The van der Waals surface area contributed by atoms with Crippen LogP contribution >= 0.6 is 15.9 Å². The molecule has 0 radical (unpaired) electrons. The highest BCUT2D eigenvalue weighted by molar-refractivity contribution is 9.10. The van der Waals surface area contributed by atoms with Crippen molar-refractivity contribution in [2.45, 2.75) is 39.2 Å². The van der Waals surface area contributed by atoms with Crippen LogP contribution in [0.15, 0.2) is 16.6 Å². The van der Waals surface area contributed by atoms with Crippen LogP contribution in [0.1, 0.15) is 30.4 Å².